The zero-order valence-corrected chi connectivity index (χ0v) is 28.9. The van der Waals surface area contributed by atoms with Gasteiger partial charge in [0, 0.05) is 47.5 Å². The summed E-state index contributed by atoms with van der Waals surface area (Å²) in [4.78, 5) is 15.2. The molecule has 0 aliphatic heterocycles. The Labute approximate surface area is 302 Å². The fourth-order valence-electron chi connectivity index (χ4n) is 7.83. The van der Waals surface area contributed by atoms with E-state index in [1.54, 1.807) is 0 Å². The van der Waals surface area contributed by atoms with Crippen LogP contribution in [0.15, 0.2) is 156 Å². The average molecular weight is 685 g/mol. The molecule has 0 fully saturated rings. The molecule has 0 atom stereocenters. The van der Waals surface area contributed by atoms with Crippen molar-refractivity contribution in [3.05, 3.63) is 157 Å². The Bertz CT molecular complexity index is 3140. The van der Waals surface area contributed by atoms with Crippen molar-refractivity contribution in [2.24, 2.45) is 0 Å². The highest BCUT2D eigenvalue weighted by Gasteiger charge is 2.25. The van der Waals surface area contributed by atoms with Crippen LogP contribution in [0.3, 0.4) is 0 Å². The number of aryl methyl sites for hydroxylation is 1. The Kier molecular flexibility index (Phi) is 6.27. The summed E-state index contributed by atoms with van der Waals surface area (Å²) in [5.41, 5.74) is 8.68. The third-order valence-corrected chi connectivity index (χ3v) is 11.3. The van der Waals surface area contributed by atoms with Crippen molar-refractivity contribution < 1.29 is 4.42 Å². The molecule has 7 aromatic carbocycles. The van der Waals surface area contributed by atoms with E-state index in [0.29, 0.717) is 17.5 Å². The summed E-state index contributed by atoms with van der Waals surface area (Å²) in [6.07, 6.45) is 0. The van der Waals surface area contributed by atoms with Crippen molar-refractivity contribution in [1.29, 1.82) is 0 Å². The van der Waals surface area contributed by atoms with E-state index < -0.39 is 0 Å². The van der Waals surface area contributed by atoms with Gasteiger partial charge in [-0.25, -0.2) is 15.0 Å². The fourth-order valence-corrected chi connectivity index (χ4v) is 8.95. The van der Waals surface area contributed by atoms with E-state index >= 15 is 0 Å². The maximum Gasteiger partial charge on any atom is 0.168 e. The lowest BCUT2D eigenvalue weighted by Crippen LogP contribution is -2.03. The molecule has 0 aliphatic carbocycles. The monoisotopic (exact) mass is 684 g/mol. The second-order valence-electron chi connectivity index (χ2n) is 13.2. The summed E-state index contributed by atoms with van der Waals surface area (Å²) in [6.45, 7) is 2.14. The third kappa shape index (κ3) is 4.31. The molecular formula is C46H28N4OS. The van der Waals surface area contributed by atoms with Crippen LogP contribution in [0, 0.1) is 6.92 Å². The minimum Gasteiger partial charge on any atom is -0.455 e. The average Bonchev–Trinajstić information content (AvgIpc) is 3.86. The maximum atomic E-state index is 6.87. The van der Waals surface area contributed by atoms with Gasteiger partial charge in [-0.05, 0) is 48.9 Å². The summed E-state index contributed by atoms with van der Waals surface area (Å²) >= 11 is 1.85. The first-order chi connectivity index (χ1) is 25.7. The number of para-hydroxylation sites is 2. The number of benzene rings is 7. The Hall–Kier alpha value is -6.63. The number of hydrogen-bond acceptors (Lipinski definition) is 5. The fraction of sp³-hybridized carbons (Fsp3) is 0.0217. The summed E-state index contributed by atoms with van der Waals surface area (Å²) in [5.74, 6) is 1.81. The van der Waals surface area contributed by atoms with Gasteiger partial charge in [0.1, 0.15) is 11.2 Å². The van der Waals surface area contributed by atoms with E-state index in [9.17, 15) is 0 Å². The van der Waals surface area contributed by atoms with Crippen LogP contribution in [-0.2, 0) is 0 Å². The molecule has 11 rings (SSSR count). The van der Waals surface area contributed by atoms with E-state index in [2.05, 4.69) is 90.4 Å². The first kappa shape index (κ1) is 29.1. The lowest BCUT2D eigenvalue weighted by molar-refractivity contribution is 0.669. The van der Waals surface area contributed by atoms with Crippen molar-refractivity contribution in [2.75, 3.05) is 0 Å². The highest BCUT2D eigenvalue weighted by atomic mass is 32.1. The molecule has 0 N–H and O–H groups in total. The smallest absolute Gasteiger partial charge is 0.168 e. The van der Waals surface area contributed by atoms with Gasteiger partial charge in [-0.2, -0.15) is 0 Å². The van der Waals surface area contributed by atoms with Crippen molar-refractivity contribution in [3.8, 4) is 39.9 Å². The summed E-state index contributed by atoms with van der Waals surface area (Å²) in [6, 6.07) is 53.0. The molecule has 52 heavy (non-hydrogen) atoms. The molecule has 6 heteroatoms. The van der Waals surface area contributed by atoms with E-state index in [0.717, 1.165) is 60.9 Å². The van der Waals surface area contributed by atoms with Crippen LogP contribution in [0.1, 0.15) is 5.56 Å². The van der Waals surface area contributed by atoms with Crippen LogP contribution in [0.25, 0.3) is 104 Å². The van der Waals surface area contributed by atoms with E-state index in [1.165, 1.54) is 30.9 Å². The van der Waals surface area contributed by atoms with Gasteiger partial charge in [0.25, 0.3) is 0 Å². The number of hydrogen-bond donors (Lipinski definition) is 0. The van der Waals surface area contributed by atoms with Gasteiger partial charge in [0.15, 0.2) is 17.5 Å². The number of aromatic nitrogens is 4. The zero-order chi connectivity index (χ0) is 34.3. The minimum atomic E-state index is 0.579. The van der Waals surface area contributed by atoms with E-state index in [-0.39, 0.29) is 0 Å². The largest absolute Gasteiger partial charge is 0.455 e. The molecule has 11 aromatic rings. The highest BCUT2D eigenvalue weighted by molar-refractivity contribution is 7.25. The van der Waals surface area contributed by atoms with Crippen LogP contribution in [0.2, 0.25) is 0 Å². The van der Waals surface area contributed by atoms with Crippen molar-refractivity contribution in [1.82, 2.24) is 19.5 Å². The van der Waals surface area contributed by atoms with E-state index in [4.69, 9.17) is 19.4 Å². The number of nitrogens with zero attached hydrogens (tertiary/aromatic N) is 4. The van der Waals surface area contributed by atoms with Gasteiger partial charge in [0.05, 0.1) is 27.7 Å². The van der Waals surface area contributed by atoms with Gasteiger partial charge in [-0.3, -0.25) is 0 Å². The molecule has 5 nitrogen and oxygen atoms in total. The summed E-state index contributed by atoms with van der Waals surface area (Å²) in [7, 11) is 0. The predicted octanol–water partition coefficient (Wildman–Crippen LogP) is 12.5. The molecule has 0 saturated heterocycles. The third-order valence-electron chi connectivity index (χ3n) is 10.2. The molecule has 0 radical (unpaired) electrons. The van der Waals surface area contributed by atoms with Crippen LogP contribution >= 0.6 is 11.3 Å². The molecular weight excluding hydrogens is 657 g/mol. The quantitative estimate of drug-likeness (QED) is 0.185. The Balaban J connectivity index is 1.25. The molecule has 0 unspecified atom stereocenters. The van der Waals surface area contributed by atoms with Crippen LogP contribution in [0.4, 0.5) is 0 Å². The molecule has 0 amide bonds. The maximum absolute atomic E-state index is 6.87. The molecule has 244 valence electrons. The van der Waals surface area contributed by atoms with Crippen molar-refractivity contribution in [2.45, 2.75) is 6.92 Å². The van der Waals surface area contributed by atoms with Crippen LogP contribution < -0.4 is 0 Å². The lowest BCUT2D eigenvalue weighted by atomic mass is 10.0. The number of fused-ring (bicyclic) bond motifs is 9. The summed E-state index contributed by atoms with van der Waals surface area (Å²) < 4.78 is 11.9. The molecule has 0 saturated carbocycles. The first-order valence-corrected chi connectivity index (χ1v) is 18.2. The minimum absolute atomic E-state index is 0.579. The van der Waals surface area contributed by atoms with Gasteiger partial charge >= 0.3 is 0 Å². The summed E-state index contributed by atoms with van der Waals surface area (Å²) in [5, 5.41) is 7.11. The topological polar surface area (TPSA) is 56.7 Å². The van der Waals surface area contributed by atoms with Gasteiger partial charge in [-0.15, -0.1) is 11.3 Å². The Morgan fingerprint density at radius 1 is 0.500 bits per heavy atom. The second kappa shape index (κ2) is 11.2. The molecule has 4 heterocycles. The molecule has 0 spiro atoms. The zero-order valence-electron chi connectivity index (χ0n) is 28.0. The molecule has 0 bridgehead atoms. The van der Waals surface area contributed by atoms with Crippen molar-refractivity contribution in [3.63, 3.8) is 0 Å². The van der Waals surface area contributed by atoms with Gasteiger partial charge in [0.2, 0.25) is 0 Å². The Morgan fingerprint density at radius 2 is 1.12 bits per heavy atom. The number of rotatable bonds is 4. The second-order valence-corrected chi connectivity index (χ2v) is 14.3. The molecule has 4 aromatic heterocycles. The van der Waals surface area contributed by atoms with Crippen LogP contribution in [-0.4, -0.2) is 19.5 Å². The predicted molar refractivity (Wildman–Crippen MR) is 215 cm³/mol. The number of furan rings is 1. The highest BCUT2D eigenvalue weighted by Crippen LogP contribution is 2.45. The van der Waals surface area contributed by atoms with Crippen LogP contribution in [0.5, 0.6) is 0 Å². The Morgan fingerprint density at radius 3 is 1.87 bits per heavy atom. The normalized spacial score (nSPS) is 11.9. The molecule has 0 aliphatic rings. The van der Waals surface area contributed by atoms with Gasteiger partial charge in [-0.1, -0.05) is 115 Å². The van der Waals surface area contributed by atoms with Crippen molar-refractivity contribution >= 4 is 75.3 Å². The van der Waals surface area contributed by atoms with E-state index in [1.807, 2.05) is 84.1 Å². The first-order valence-electron chi connectivity index (χ1n) is 17.4. The SMILES string of the molecule is Cc1cc(-n2c3ccccc3c3cc4c(cc32)sc2ccccc24)c2c(oc3ccccc32)c1-c1nc(-c2ccccc2)nc(-c2ccccc2)n1. The number of thiophene rings is 1. The lowest BCUT2D eigenvalue weighted by Gasteiger charge is -2.15. The van der Waals surface area contributed by atoms with Gasteiger partial charge < -0.3 is 8.98 Å². The standard InChI is InChI=1S/C46H28N4OS/c1-27-24-37(50-35-21-11-8-18-30(35)33-25-34-31-19-10-13-23-39(31)52-40(34)26-36(33)50)42-32-20-9-12-22-38(32)51-43(42)41(27)46-48-44(28-14-4-2-5-15-28)47-45(49-46)29-16-6-3-7-17-29/h2-26H,1H3.